The number of carbonyl (C=O) groups is 1. The van der Waals surface area contributed by atoms with Gasteiger partial charge < -0.3 is 20.7 Å². The number of carbonyl (C=O) groups excluding carboxylic acids is 1. The van der Waals surface area contributed by atoms with Gasteiger partial charge in [-0.1, -0.05) is 0 Å². The molecule has 156 valence electrons. The minimum atomic E-state index is -0.413. The quantitative estimate of drug-likeness (QED) is 0.477. The van der Waals surface area contributed by atoms with Gasteiger partial charge in [-0.05, 0) is 38.7 Å². The number of ether oxygens (including phenoxy) is 1. The minimum Gasteiger partial charge on any atom is -0.465 e. The number of piperidine rings is 1. The van der Waals surface area contributed by atoms with Crippen molar-refractivity contribution in [2.45, 2.75) is 50.7 Å². The summed E-state index contributed by atoms with van der Waals surface area (Å²) in [6.07, 6.45) is 6.10. The van der Waals surface area contributed by atoms with Gasteiger partial charge in [-0.25, -0.2) is 9.78 Å². The van der Waals surface area contributed by atoms with Crippen molar-refractivity contribution in [1.82, 2.24) is 25.5 Å². The van der Waals surface area contributed by atoms with E-state index in [-0.39, 0.29) is 0 Å². The van der Waals surface area contributed by atoms with Crippen LogP contribution >= 0.6 is 0 Å². The molecule has 4 N–H and O–H groups in total. The zero-order chi connectivity index (χ0) is 20.7. The molecule has 0 aliphatic carbocycles. The lowest BCUT2D eigenvalue weighted by atomic mass is 9.99. The molecule has 0 saturated carbocycles. The van der Waals surface area contributed by atoms with Crippen LogP contribution in [0.3, 0.4) is 0 Å². The largest absolute Gasteiger partial charge is 0.465 e. The highest BCUT2D eigenvalue weighted by atomic mass is 16.5. The number of anilines is 3. The Bertz CT molecular complexity index is 1080. The average Bonchev–Trinajstić information content (AvgIpc) is 3.31. The molecule has 9 nitrogen and oxygen atoms in total. The number of H-pyrrole nitrogens is 1. The highest BCUT2D eigenvalue weighted by Gasteiger charge is 2.33. The number of nitrogens with zero attached hydrogens (tertiary/aromatic N) is 3. The van der Waals surface area contributed by atoms with E-state index in [0.29, 0.717) is 41.1 Å². The maximum Gasteiger partial charge on any atom is 0.339 e. The summed E-state index contributed by atoms with van der Waals surface area (Å²) in [6.45, 7) is 1.94. The summed E-state index contributed by atoms with van der Waals surface area (Å²) in [7, 11) is 1.37. The Hall–Kier alpha value is -3.20. The fourth-order valence-electron chi connectivity index (χ4n) is 4.51. The van der Waals surface area contributed by atoms with Crippen LogP contribution in [0.25, 0.3) is 10.9 Å². The number of rotatable bonds is 5. The van der Waals surface area contributed by atoms with Gasteiger partial charge in [-0.3, -0.25) is 10.1 Å². The first-order valence-corrected chi connectivity index (χ1v) is 10.3. The molecule has 2 aliphatic heterocycles. The van der Waals surface area contributed by atoms with E-state index in [4.69, 9.17) is 9.72 Å². The highest BCUT2D eigenvalue weighted by Crippen LogP contribution is 2.31. The number of hydrogen-bond donors (Lipinski definition) is 4. The topological polar surface area (TPSA) is 117 Å². The summed E-state index contributed by atoms with van der Waals surface area (Å²) in [5.74, 6) is 1.64. The number of pyridine rings is 2. The first kappa shape index (κ1) is 18.8. The predicted octanol–water partition coefficient (Wildman–Crippen LogP) is 2.89. The van der Waals surface area contributed by atoms with E-state index in [1.807, 2.05) is 19.1 Å². The fourth-order valence-corrected chi connectivity index (χ4v) is 4.51. The van der Waals surface area contributed by atoms with Gasteiger partial charge in [0.2, 0.25) is 0 Å². The maximum atomic E-state index is 12.0. The van der Waals surface area contributed by atoms with Gasteiger partial charge in [0.05, 0.1) is 18.2 Å². The molecule has 3 atom stereocenters. The van der Waals surface area contributed by atoms with Gasteiger partial charge in [0, 0.05) is 47.5 Å². The number of esters is 1. The number of methoxy groups -OCH3 is 1. The first-order chi connectivity index (χ1) is 14.6. The lowest BCUT2D eigenvalue weighted by molar-refractivity contribution is 0.0600. The summed E-state index contributed by atoms with van der Waals surface area (Å²) in [5.41, 5.74) is 2.11. The van der Waals surface area contributed by atoms with Crippen LogP contribution in [0.5, 0.6) is 0 Å². The average molecular weight is 407 g/mol. The number of hydrogen-bond acceptors (Lipinski definition) is 8. The third-order valence-corrected chi connectivity index (χ3v) is 5.88. The normalized spacial score (nSPS) is 22.8. The van der Waals surface area contributed by atoms with Gasteiger partial charge in [-0.15, -0.1) is 0 Å². The number of aryl methyl sites for hydroxylation is 1. The molecule has 2 saturated heterocycles. The fraction of sp³-hybridized carbons (Fsp3) is 0.429. The van der Waals surface area contributed by atoms with Gasteiger partial charge >= 0.3 is 5.97 Å². The maximum absolute atomic E-state index is 12.0. The van der Waals surface area contributed by atoms with E-state index in [9.17, 15) is 4.79 Å². The van der Waals surface area contributed by atoms with Crippen molar-refractivity contribution < 1.29 is 9.53 Å². The number of fused-ring (bicyclic) bond motifs is 3. The SMILES string of the molecule is COC(=O)c1cnc2cc(Nc3cc(C)[nH]n3)nc(N[C@@H]3C[C@H]4CC[C@@H](C3)N4)c2c1. The molecule has 0 spiro atoms. The van der Waals surface area contributed by atoms with Crippen molar-refractivity contribution in [3.8, 4) is 0 Å². The summed E-state index contributed by atoms with van der Waals surface area (Å²) < 4.78 is 4.86. The standard InChI is InChI=1S/C21H25N7O2/c1-11-5-19(28-27-11)25-18-9-17-16(6-12(10-22-17)21(29)30-2)20(26-18)24-15-7-13-3-4-14(8-15)23-13/h5-6,9-10,13-15,23H,3-4,7-8H2,1-2H3,(H3,24,25,26,27,28)/t13-,14+,15-. The molecule has 9 heteroatoms. The first-order valence-electron chi connectivity index (χ1n) is 10.3. The molecule has 3 aromatic heterocycles. The number of aromatic nitrogens is 4. The second kappa shape index (κ2) is 7.56. The Morgan fingerprint density at radius 3 is 2.67 bits per heavy atom. The third kappa shape index (κ3) is 3.68. The van der Waals surface area contributed by atoms with Crippen LogP contribution in [0.4, 0.5) is 17.5 Å². The Morgan fingerprint density at radius 1 is 1.17 bits per heavy atom. The van der Waals surface area contributed by atoms with Crippen molar-refractivity contribution in [2.24, 2.45) is 0 Å². The minimum absolute atomic E-state index is 0.323. The molecular weight excluding hydrogens is 382 g/mol. The Balaban J connectivity index is 1.52. The Kier molecular flexibility index (Phi) is 4.74. The zero-order valence-corrected chi connectivity index (χ0v) is 17.0. The molecule has 30 heavy (non-hydrogen) atoms. The Labute approximate surface area is 174 Å². The van der Waals surface area contributed by atoms with Gasteiger partial charge in [0.15, 0.2) is 5.82 Å². The summed E-state index contributed by atoms with van der Waals surface area (Å²) in [5, 5.41) is 18.5. The van der Waals surface area contributed by atoms with Crippen molar-refractivity contribution in [2.75, 3.05) is 17.7 Å². The summed E-state index contributed by atoms with van der Waals surface area (Å²) >= 11 is 0. The van der Waals surface area contributed by atoms with Crippen molar-refractivity contribution in [1.29, 1.82) is 0 Å². The van der Waals surface area contributed by atoms with E-state index in [2.05, 4.69) is 31.1 Å². The molecule has 0 amide bonds. The zero-order valence-electron chi connectivity index (χ0n) is 17.0. The Morgan fingerprint density at radius 2 is 1.97 bits per heavy atom. The second-order valence-electron chi connectivity index (χ2n) is 8.15. The molecule has 0 radical (unpaired) electrons. The predicted molar refractivity (Wildman–Crippen MR) is 114 cm³/mol. The van der Waals surface area contributed by atoms with Gasteiger partial charge in [0.1, 0.15) is 11.6 Å². The van der Waals surface area contributed by atoms with Crippen LogP contribution in [0, 0.1) is 6.92 Å². The second-order valence-corrected chi connectivity index (χ2v) is 8.15. The van der Waals surface area contributed by atoms with Gasteiger partial charge in [-0.2, -0.15) is 5.10 Å². The molecule has 2 bridgehead atoms. The molecule has 2 fully saturated rings. The molecule has 3 aromatic rings. The molecular formula is C21H25N7O2. The summed E-state index contributed by atoms with van der Waals surface area (Å²) in [4.78, 5) is 21.3. The number of nitrogens with one attached hydrogen (secondary N) is 4. The van der Waals surface area contributed by atoms with E-state index >= 15 is 0 Å². The molecule has 0 unspecified atom stereocenters. The third-order valence-electron chi connectivity index (χ3n) is 5.88. The summed E-state index contributed by atoms with van der Waals surface area (Å²) in [6, 6.07) is 7.01. The lowest BCUT2D eigenvalue weighted by Crippen LogP contribution is -2.43. The van der Waals surface area contributed by atoms with Crippen LogP contribution in [-0.4, -0.2) is 51.4 Å². The van der Waals surface area contributed by atoms with E-state index in [1.54, 1.807) is 6.07 Å². The van der Waals surface area contributed by atoms with E-state index < -0.39 is 5.97 Å². The van der Waals surface area contributed by atoms with Crippen LogP contribution in [0.2, 0.25) is 0 Å². The molecule has 5 rings (SSSR count). The van der Waals surface area contributed by atoms with Crippen LogP contribution in [0.15, 0.2) is 24.4 Å². The molecule has 5 heterocycles. The molecule has 0 aromatic carbocycles. The van der Waals surface area contributed by atoms with Crippen LogP contribution in [0.1, 0.15) is 41.7 Å². The highest BCUT2D eigenvalue weighted by molar-refractivity contribution is 5.98. The smallest absolute Gasteiger partial charge is 0.339 e. The molecule has 2 aliphatic rings. The monoisotopic (exact) mass is 407 g/mol. The van der Waals surface area contributed by atoms with Crippen molar-refractivity contribution >= 4 is 34.3 Å². The number of aromatic amines is 1. The van der Waals surface area contributed by atoms with Crippen LogP contribution in [-0.2, 0) is 4.74 Å². The van der Waals surface area contributed by atoms with E-state index in [0.717, 1.165) is 29.4 Å². The van der Waals surface area contributed by atoms with Crippen LogP contribution < -0.4 is 16.0 Å². The van der Waals surface area contributed by atoms with Crippen molar-refractivity contribution in [3.63, 3.8) is 0 Å². The van der Waals surface area contributed by atoms with Gasteiger partial charge in [0.25, 0.3) is 0 Å². The van der Waals surface area contributed by atoms with E-state index in [1.165, 1.54) is 26.1 Å². The lowest BCUT2D eigenvalue weighted by Gasteiger charge is -2.30. The van der Waals surface area contributed by atoms with Crippen molar-refractivity contribution in [3.05, 3.63) is 35.7 Å².